The third kappa shape index (κ3) is 4.33. The van der Waals surface area contributed by atoms with Crippen LogP contribution in [0.3, 0.4) is 0 Å². The van der Waals surface area contributed by atoms with Gasteiger partial charge in [-0.2, -0.15) is 0 Å². The second kappa shape index (κ2) is 8.96. The van der Waals surface area contributed by atoms with E-state index in [-0.39, 0.29) is 30.2 Å². The maximum atomic E-state index is 12.9. The molecule has 2 saturated heterocycles. The topological polar surface area (TPSA) is 88.2 Å². The lowest BCUT2D eigenvalue weighted by Crippen LogP contribution is -2.61. The van der Waals surface area contributed by atoms with Crippen LogP contribution in [-0.4, -0.2) is 71.5 Å². The van der Waals surface area contributed by atoms with Crippen molar-refractivity contribution in [3.05, 3.63) is 29.3 Å². The molecule has 2 saturated carbocycles. The molecule has 1 aromatic rings. The van der Waals surface area contributed by atoms with Crippen molar-refractivity contribution < 1.29 is 23.9 Å². The van der Waals surface area contributed by atoms with Gasteiger partial charge in [-0.15, -0.1) is 0 Å². The molecule has 6 rings (SSSR count). The number of imide groups is 1. The minimum Gasteiger partial charge on any atom is -0.489 e. The molecule has 0 spiro atoms. The van der Waals surface area contributed by atoms with Gasteiger partial charge in [-0.05, 0) is 68.2 Å². The minimum absolute atomic E-state index is 0.138. The Morgan fingerprint density at radius 1 is 1.00 bits per heavy atom. The molecular weight excluding hydrogens is 434 g/mol. The van der Waals surface area contributed by atoms with Gasteiger partial charge in [0, 0.05) is 44.3 Å². The summed E-state index contributed by atoms with van der Waals surface area (Å²) in [5, 5.41) is 2.35. The summed E-state index contributed by atoms with van der Waals surface area (Å²) in [6.07, 6.45) is 8.37. The van der Waals surface area contributed by atoms with E-state index in [0.29, 0.717) is 30.7 Å². The highest BCUT2D eigenvalue weighted by molar-refractivity contribution is 6.05. The van der Waals surface area contributed by atoms with Crippen molar-refractivity contribution in [2.24, 2.45) is 5.92 Å². The third-order valence-corrected chi connectivity index (χ3v) is 8.06. The van der Waals surface area contributed by atoms with Crippen LogP contribution >= 0.6 is 0 Å². The monoisotopic (exact) mass is 467 g/mol. The van der Waals surface area contributed by atoms with E-state index in [2.05, 4.69) is 10.2 Å². The number of fused-ring (bicyclic) bond motifs is 1. The Morgan fingerprint density at radius 2 is 1.82 bits per heavy atom. The van der Waals surface area contributed by atoms with Gasteiger partial charge >= 0.3 is 0 Å². The molecular formula is C26H33N3O5. The summed E-state index contributed by atoms with van der Waals surface area (Å²) in [5.74, 6) is 0.788. The summed E-state index contributed by atoms with van der Waals surface area (Å²) in [5.41, 5.74) is 1.51. The highest BCUT2D eigenvalue weighted by Gasteiger charge is 2.41. The van der Waals surface area contributed by atoms with Crippen molar-refractivity contribution in [1.82, 2.24) is 15.1 Å². The average Bonchev–Trinajstić information content (AvgIpc) is 3.57. The van der Waals surface area contributed by atoms with Gasteiger partial charge in [0.15, 0.2) is 0 Å². The van der Waals surface area contributed by atoms with E-state index < -0.39 is 6.04 Å². The maximum absolute atomic E-state index is 12.9. The molecule has 0 aromatic heterocycles. The van der Waals surface area contributed by atoms with Gasteiger partial charge in [0.25, 0.3) is 5.91 Å². The van der Waals surface area contributed by atoms with Crippen LogP contribution in [0.5, 0.6) is 5.75 Å². The zero-order valence-electron chi connectivity index (χ0n) is 19.5. The molecule has 182 valence electrons. The summed E-state index contributed by atoms with van der Waals surface area (Å²) in [4.78, 5) is 40.8. The van der Waals surface area contributed by atoms with Crippen LogP contribution in [-0.2, 0) is 20.9 Å². The number of rotatable bonds is 7. The quantitative estimate of drug-likeness (QED) is 0.619. The normalized spacial score (nSPS) is 30.2. The highest BCUT2D eigenvalue weighted by Crippen LogP contribution is 2.35. The van der Waals surface area contributed by atoms with Crippen molar-refractivity contribution in [2.75, 3.05) is 19.7 Å². The molecule has 1 aromatic carbocycles. The molecule has 0 bridgehead atoms. The Hall–Kier alpha value is -2.45. The van der Waals surface area contributed by atoms with Crippen LogP contribution in [0, 0.1) is 5.92 Å². The van der Waals surface area contributed by atoms with Crippen LogP contribution in [0.4, 0.5) is 0 Å². The smallest absolute Gasteiger partial charge is 0.255 e. The first-order valence-corrected chi connectivity index (χ1v) is 12.8. The van der Waals surface area contributed by atoms with E-state index in [0.717, 1.165) is 49.8 Å². The molecule has 3 amide bonds. The number of benzene rings is 1. The number of carbonyl (C=O) groups excluding carboxylic acids is 3. The van der Waals surface area contributed by atoms with E-state index in [4.69, 9.17) is 9.47 Å². The number of piperidine rings is 1. The summed E-state index contributed by atoms with van der Waals surface area (Å²) >= 11 is 0. The fourth-order valence-corrected chi connectivity index (χ4v) is 5.83. The number of amides is 3. The molecule has 8 heteroatoms. The second-order valence-electron chi connectivity index (χ2n) is 10.6. The van der Waals surface area contributed by atoms with Crippen molar-refractivity contribution in [3.63, 3.8) is 0 Å². The molecule has 4 fully saturated rings. The molecule has 3 atom stereocenters. The number of hydrogen-bond acceptors (Lipinski definition) is 6. The van der Waals surface area contributed by atoms with Crippen molar-refractivity contribution in [3.8, 4) is 5.75 Å². The van der Waals surface area contributed by atoms with Gasteiger partial charge < -0.3 is 14.4 Å². The van der Waals surface area contributed by atoms with Crippen molar-refractivity contribution in [1.29, 1.82) is 0 Å². The third-order valence-electron chi connectivity index (χ3n) is 8.06. The number of ether oxygens (including phenoxy) is 2. The molecule has 5 aliphatic rings. The molecule has 3 heterocycles. The first kappa shape index (κ1) is 22.0. The van der Waals surface area contributed by atoms with Crippen molar-refractivity contribution in [2.45, 2.75) is 82.2 Å². The van der Waals surface area contributed by atoms with E-state index in [1.165, 1.54) is 25.7 Å². The lowest BCUT2D eigenvalue weighted by molar-refractivity contribution is -0.136. The Labute approximate surface area is 199 Å². The predicted octanol–water partition coefficient (Wildman–Crippen LogP) is 2.25. The summed E-state index contributed by atoms with van der Waals surface area (Å²) in [6.45, 7) is 3.29. The Balaban J connectivity index is 1.09. The molecule has 34 heavy (non-hydrogen) atoms. The second-order valence-corrected chi connectivity index (χ2v) is 10.6. The van der Waals surface area contributed by atoms with Crippen LogP contribution < -0.4 is 10.1 Å². The number of nitrogens with zero attached hydrogens (tertiary/aromatic N) is 2. The van der Waals surface area contributed by atoms with E-state index in [1.54, 1.807) is 4.90 Å². The fourth-order valence-electron chi connectivity index (χ4n) is 5.83. The summed E-state index contributed by atoms with van der Waals surface area (Å²) < 4.78 is 12.6. The van der Waals surface area contributed by atoms with Crippen LogP contribution in [0.15, 0.2) is 18.2 Å². The number of hydrogen-bond donors (Lipinski definition) is 1. The first-order valence-electron chi connectivity index (χ1n) is 12.8. The Kier molecular flexibility index (Phi) is 5.81. The Morgan fingerprint density at radius 3 is 2.62 bits per heavy atom. The van der Waals surface area contributed by atoms with Gasteiger partial charge in [0.2, 0.25) is 11.8 Å². The largest absolute Gasteiger partial charge is 0.489 e. The minimum atomic E-state index is -0.591. The standard InChI is InChI=1S/C26H33N3O5/c30-24-10-9-22(25(31)27-24)29-12-17-11-18(7-8-20(17)26(29)32)34-23-4-2-1-3-21(23)28-13-19(14-28)33-15-16-5-6-16/h7-8,11,16,19,21-23H,1-6,9-10,12-15H2,(H,27,30,31)/t21-,22?,23-/m0/s1. The molecule has 1 N–H and O–H groups in total. The van der Waals surface area contributed by atoms with Gasteiger partial charge in [0.1, 0.15) is 17.9 Å². The summed E-state index contributed by atoms with van der Waals surface area (Å²) in [7, 11) is 0. The lowest BCUT2D eigenvalue weighted by atomic mass is 9.89. The van der Waals surface area contributed by atoms with E-state index in [1.807, 2.05) is 18.2 Å². The van der Waals surface area contributed by atoms with Gasteiger partial charge in [-0.1, -0.05) is 6.42 Å². The Bertz CT molecular complexity index is 987. The van der Waals surface area contributed by atoms with Gasteiger partial charge in [-0.3, -0.25) is 24.6 Å². The van der Waals surface area contributed by atoms with E-state index >= 15 is 0 Å². The predicted molar refractivity (Wildman–Crippen MR) is 123 cm³/mol. The lowest BCUT2D eigenvalue weighted by Gasteiger charge is -2.48. The fraction of sp³-hybridized carbons (Fsp3) is 0.654. The van der Waals surface area contributed by atoms with Crippen LogP contribution in [0.25, 0.3) is 0 Å². The van der Waals surface area contributed by atoms with Gasteiger partial charge in [0.05, 0.1) is 6.10 Å². The van der Waals surface area contributed by atoms with E-state index in [9.17, 15) is 14.4 Å². The molecule has 2 aliphatic carbocycles. The SMILES string of the molecule is O=C1CCC(N2Cc3cc(O[C@H]4CCCC[C@@H]4N4CC(OCC5CC5)C4)ccc3C2=O)C(=O)N1. The molecule has 1 unspecified atom stereocenters. The number of likely N-dealkylation sites (tertiary alicyclic amines) is 1. The first-order chi connectivity index (χ1) is 16.5. The summed E-state index contributed by atoms with van der Waals surface area (Å²) in [6, 6.07) is 5.48. The van der Waals surface area contributed by atoms with Crippen LogP contribution in [0.2, 0.25) is 0 Å². The number of carbonyl (C=O) groups is 3. The van der Waals surface area contributed by atoms with Crippen molar-refractivity contribution >= 4 is 17.7 Å². The zero-order valence-corrected chi connectivity index (χ0v) is 19.5. The highest BCUT2D eigenvalue weighted by atomic mass is 16.5. The number of nitrogens with one attached hydrogen (secondary N) is 1. The average molecular weight is 468 g/mol. The molecule has 8 nitrogen and oxygen atoms in total. The maximum Gasteiger partial charge on any atom is 0.255 e. The molecule has 0 radical (unpaired) electrons. The molecule has 3 aliphatic heterocycles. The van der Waals surface area contributed by atoms with Crippen LogP contribution in [0.1, 0.15) is 67.3 Å². The van der Waals surface area contributed by atoms with Gasteiger partial charge in [-0.25, -0.2) is 0 Å². The zero-order chi connectivity index (χ0) is 23.2.